The number of nitrogens with zero attached hydrogens (tertiary/aromatic N) is 3. The summed E-state index contributed by atoms with van der Waals surface area (Å²) in [4.78, 5) is 32.8. The Morgan fingerprint density at radius 3 is 1.97 bits per heavy atom. The number of likely N-dealkylation sites (tertiary alicyclic amines) is 1. The van der Waals surface area contributed by atoms with Gasteiger partial charge in [-0.15, -0.1) is 0 Å². The SMILES string of the molecule is CCc1ccc(NC(=O)N2CCCC2C(=O)N2CCN(C(c3ccccc3)c3ccccc3)CC2)cc1. The van der Waals surface area contributed by atoms with Crippen LogP contribution in [0.1, 0.15) is 42.5 Å². The number of nitrogens with one attached hydrogen (secondary N) is 1. The second-order valence-corrected chi connectivity index (χ2v) is 9.92. The fourth-order valence-corrected chi connectivity index (χ4v) is 5.58. The Labute approximate surface area is 219 Å². The van der Waals surface area contributed by atoms with Crippen molar-refractivity contribution in [3.63, 3.8) is 0 Å². The van der Waals surface area contributed by atoms with Crippen LogP contribution in [0.15, 0.2) is 84.9 Å². The van der Waals surface area contributed by atoms with E-state index in [0.29, 0.717) is 19.6 Å². The lowest BCUT2D eigenvalue weighted by Gasteiger charge is -2.41. The van der Waals surface area contributed by atoms with Crippen molar-refractivity contribution < 1.29 is 9.59 Å². The van der Waals surface area contributed by atoms with Crippen molar-refractivity contribution in [3.05, 3.63) is 102 Å². The molecule has 2 saturated heterocycles. The highest BCUT2D eigenvalue weighted by Gasteiger charge is 2.38. The number of hydrogen-bond donors (Lipinski definition) is 1. The van der Waals surface area contributed by atoms with Crippen LogP contribution in [0.2, 0.25) is 0 Å². The van der Waals surface area contributed by atoms with Gasteiger partial charge in [-0.2, -0.15) is 0 Å². The number of carbonyl (C=O) groups excluding carboxylic acids is 2. The quantitative estimate of drug-likeness (QED) is 0.512. The molecule has 2 aliphatic rings. The van der Waals surface area contributed by atoms with Crippen molar-refractivity contribution in [2.45, 2.75) is 38.3 Å². The number of hydrogen-bond acceptors (Lipinski definition) is 3. The van der Waals surface area contributed by atoms with Crippen LogP contribution in [0.25, 0.3) is 0 Å². The number of amides is 3. The zero-order valence-electron chi connectivity index (χ0n) is 21.6. The highest BCUT2D eigenvalue weighted by atomic mass is 16.2. The van der Waals surface area contributed by atoms with Gasteiger partial charge in [0.2, 0.25) is 5.91 Å². The van der Waals surface area contributed by atoms with Crippen LogP contribution < -0.4 is 5.32 Å². The van der Waals surface area contributed by atoms with E-state index in [1.165, 1.54) is 16.7 Å². The van der Waals surface area contributed by atoms with Gasteiger partial charge >= 0.3 is 6.03 Å². The summed E-state index contributed by atoms with van der Waals surface area (Å²) in [5, 5.41) is 2.99. The summed E-state index contributed by atoms with van der Waals surface area (Å²) < 4.78 is 0. The molecule has 1 unspecified atom stereocenters. The minimum Gasteiger partial charge on any atom is -0.338 e. The lowest BCUT2D eigenvalue weighted by molar-refractivity contribution is -0.137. The minimum absolute atomic E-state index is 0.0737. The van der Waals surface area contributed by atoms with Crippen LogP contribution in [0, 0.1) is 0 Å². The Balaban J connectivity index is 1.23. The van der Waals surface area contributed by atoms with E-state index in [4.69, 9.17) is 0 Å². The van der Waals surface area contributed by atoms with E-state index in [0.717, 1.165) is 38.0 Å². The fraction of sp³-hybridized carbons (Fsp3) is 0.355. The van der Waals surface area contributed by atoms with E-state index in [2.05, 4.69) is 65.7 Å². The maximum atomic E-state index is 13.6. The number of benzene rings is 3. The average Bonchev–Trinajstić information content (AvgIpc) is 3.45. The summed E-state index contributed by atoms with van der Waals surface area (Å²) >= 11 is 0. The Hall–Kier alpha value is -3.64. The van der Waals surface area contributed by atoms with Gasteiger partial charge in [0.05, 0.1) is 6.04 Å². The first-order chi connectivity index (χ1) is 18.1. The first kappa shape index (κ1) is 25.0. The first-order valence-corrected chi connectivity index (χ1v) is 13.4. The molecule has 192 valence electrons. The summed E-state index contributed by atoms with van der Waals surface area (Å²) in [7, 11) is 0. The molecular formula is C31H36N4O2. The molecule has 3 aromatic rings. The van der Waals surface area contributed by atoms with E-state index >= 15 is 0 Å². The van der Waals surface area contributed by atoms with Crippen molar-refractivity contribution >= 4 is 17.6 Å². The third-order valence-corrected chi connectivity index (χ3v) is 7.63. The van der Waals surface area contributed by atoms with Crippen LogP contribution in [-0.4, -0.2) is 65.4 Å². The van der Waals surface area contributed by atoms with Gasteiger partial charge in [-0.1, -0.05) is 79.7 Å². The monoisotopic (exact) mass is 496 g/mol. The zero-order chi connectivity index (χ0) is 25.6. The van der Waals surface area contributed by atoms with Gasteiger partial charge in [-0.3, -0.25) is 9.69 Å². The molecule has 5 rings (SSSR count). The number of anilines is 1. The summed E-state index contributed by atoms with van der Waals surface area (Å²) in [5.74, 6) is 0.0737. The third kappa shape index (κ3) is 5.70. The van der Waals surface area contributed by atoms with Gasteiger partial charge < -0.3 is 15.1 Å². The number of rotatable bonds is 6. The number of urea groups is 1. The maximum Gasteiger partial charge on any atom is 0.322 e. The average molecular weight is 497 g/mol. The molecule has 2 heterocycles. The highest BCUT2D eigenvalue weighted by molar-refractivity contribution is 5.94. The Kier molecular flexibility index (Phi) is 7.85. The molecule has 0 saturated carbocycles. The predicted molar refractivity (Wildman–Crippen MR) is 147 cm³/mol. The molecule has 1 atom stereocenters. The fourth-order valence-electron chi connectivity index (χ4n) is 5.58. The van der Waals surface area contributed by atoms with Crippen molar-refractivity contribution in [3.8, 4) is 0 Å². The van der Waals surface area contributed by atoms with Crippen molar-refractivity contribution in [1.29, 1.82) is 0 Å². The second kappa shape index (κ2) is 11.6. The normalized spacial score (nSPS) is 18.3. The van der Waals surface area contributed by atoms with Crippen LogP contribution in [0.5, 0.6) is 0 Å². The van der Waals surface area contributed by atoms with Gasteiger partial charge in [0.1, 0.15) is 6.04 Å². The molecule has 1 N–H and O–H groups in total. The van der Waals surface area contributed by atoms with E-state index in [9.17, 15) is 9.59 Å². The highest BCUT2D eigenvalue weighted by Crippen LogP contribution is 2.30. The van der Waals surface area contributed by atoms with Gasteiger partial charge in [0, 0.05) is 38.4 Å². The molecule has 2 fully saturated rings. The lowest BCUT2D eigenvalue weighted by Crippen LogP contribution is -2.55. The molecule has 0 aromatic heterocycles. The standard InChI is InChI=1S/C31H36N4O2/c1-2-24-15-17-27(18-16-24)32-31(37)35-19-9-14-28(35)30(36)34-22-20-33(21-23-34)29(25-10-5-3-6-11-25)26-12-7-4-8-13-26/h3-8,10-13,15-18,28-29H,2,9,14,19-23H2,1H3,(H,32,37). The number of aryl methyl sites for hydroxylation is 1. The lowest BCUT2D eigenvalue weighted by atomic mass is 9.96. The van der Waals surface area contributed by atoms with Crippen LogP contribution in [0.3, 0.4) is 0 Å². The third-order valence-electron chi connectivity index (χ3n) is 7.63. The largest absolute Gasteiger partial charge is 0.338 e. The minimum atomic E-state index is -0.388. The number of carbonyl (C=O) groups is 2. The van der Waals surface area contributed by atoms with E-state index in [1.54, 1.807) is 4.90 Å². The van der Waals surface area contributed by atoms with Gasteiger partial charge in [0.15, 0.2) is 0 Å². The van der Waals surface area contributed by atoms with Crippen LogP contribution in [-0.2, 0) is 11.2 Å². The van der Waals surface area contributed by atoms with Crippen molar-refractivity contribution in [2.24, 2.45) is 0 Å². The van der Waals surface area contributed by atoms with Crippen molar-refractivity contribution in [2.75, 3.05) is 38.0 Å². The molecule has 6 heteroatoms. The summed E-state index contributed by atoms with van der Waals surface area (Å²) in [6.45, 7) is 5.64. The summed E-state index contributed by atoms with van der Waals surface area (Å²) in [5.41, 5.74) is 4.52. The molecule has 2 aliphatic heterocycles. The van der Waals surface area contributed by atoms with Crippen LogP contribution >= 0.6 is 0 Å². The van der Waals surface area contributed by atoms with E-state index < -0.39 is 0 Å². The molecule has 3 aromatic carbocycles. The van der Waals surface area contributed by atoms with Gasteiger partial charge in [-0.05, 0) is 48.1 Å². The van der Waals surface area contributed by atoms with Crippen LogP contribution in [0.4, 0.5) is 10.5 Å². The molecule has 37 heavy (non-hydrogen) atoms. The Morgan fingerprint density at radius 2 is 1.41 bits per heavy atom. The molecule has 3 amide bonds. The number of piperazine rings is 1. The maximum absolute atomic E-state index is 13.6. The summed E-state index contributed by atoms with van der Waals surface area (Å²) in [6, 6.07) is 28.7. The Morgan fingerprint density at radius 1 is 0.811 bits per heavy atom. The molecule has 0 aliphatic carbocycles. The zero-order valence-corrected chi connectivity index (χ0v) is 21.6. The predicted octanol–water partition coefficient (Wildman–Crippen LogP) is 5.18. The van der Waals surface area contributed by atoms with Crippen molar-refractivity contribution in [1.82, 2.24) is 14.7 Å². The molecule has 0 spiro atoms. The van der Waals surface area contributed by atoms with Gasteiger partial charge in [0.25, 0.3) is 0 Å². The van der Waals surface area contributed by atoms with E-state index in [-0.39, 0.29) is 24.0 Å². The molecule has 0 radical (unpaired) electrons. The van der Waals surface area contributed by atoms with Gasteiger partial charge in [-0.25, -0.2) is 4.79 Å². The topological polar surface area (TPSA) is 55.9 Å². The smallest absolute Gasteiger partial charge is 0.322 e. The Bertz CT molecular complexity index is 1140. The molecule has 0 bridgehead atoms. The van der Waals surface area contributed by atoms with E-state index in [1.807, 2.05) is 41.3 Å². The second-order valence-electron chi connectivity index (χ2n) is 9.92. The first-order valence-electron chi connectivity index (χ1n) is 13.4. The molecule has 6 nitrogen and oxygen atoms in total. The molecular weight excluding hydrogens is 460 g/mol. The summed E-state index contributed by atoms with van der Waals surface area (Å²) in [6.07, 6.45) is 2.53.